The molecule has 32 heavy (non-hydrogen) atoms. The lowest BCUT2D eigenvalue weighted by molar-refractivity contribution is 0.330. The molecule has 1 aromatic heterocycles. The van der Waals surface area contributed by atoms with Crippen LogP contribution >= 0.6 is 0 Å². The van der Waals surface area contributed by atoms with Gasteiger partial charge in [0.25, 0.3) is 0 Å². The quantitative estimate of drug-likeness (QED) is 0.364. The molecule has 0 saturated carbocycles. The van der Waals surface area contributed by atoms with Gasteiger partial charge in [0.15, 0.2) is 0 Å². The fourth-order valence-corrected chi connectivity index (χ4v) is 3.55. The number of hydrogen-bond acceptors (Lipinski definition) is 6. The second-order valence-electron chi connectivity index (χ2n) is 7.91. The zero-order valence-corrected chi connectivity index (χ0v) is 19.4. The Kier molecular flexibility index (Phi) is 8.90. The highest BCUT2D eigenvalue weighted by atomic mass is 16.5. The first-order valence-corrected chi connectivity index (χ1v) is 11.2. The van der Waals surface area contributed by atoms with E-state index < -0.39 is 0 Å². The van der Waals surface area contributed by atoms with Crippen molar-refractivity contribution in [1.29, 1.82) is 0 Å². The standard InChI is InChI=1S/C26H35N5O/c1-28-22-10-6-20(7-11-22)25-18-23(29-15-5-17-31(2)16-4-14-27)19-26(30-25)21-8-12-24(32-3)13-9-21/h6-13,18-19,28H,4-5,14-17,27H2,1-3H3,(H,29,30). The summed E-state index contributed by atoms with van der Waals surface area (Å²) in [4.78, 5) is 7.29. The molecule has 0 aliphatic carbocycles. The van der Waals surface area contributed by atoms with Gasteiger partial charge in [0.1, 0.15) is 5.75 Å². The van der Waals surface area contributed by atoms with Crippen LogP contribution in [0.25, 0.3) is 22.5 Å². The molecule has 0 aliphatic rings. The lowest BCUT2D eigenvalue weighted by Gasteiger charge is -2.17. The third kappa shape index (κ3) is 6.70. The van der Waals surface area contributed by atoms with E-state index in [4.69, 9.17) is 15.5 Å². The highest BCUT2D eigenvalue weighted by Gasteiger charge is 2.08. The van der Waals surface area contributed by atoms with Crippen LogP contribution in [0, 0.1) is 0 Å². The molecule has 1 heterocycles. The Morgan fingerprint density at radius 1 is 0.875 bits per heavy atom. The zero-order valence-electron chi connectivity index (χ0n) is 19.4. The van der Waals surface area contributed by atoms with Gasteiger partial charge in [-0.3, -0.25) is 0 Å². The van der Waals surface area contributed by atoms with E-state index in [1.165, 1.54) is 0 Å². The van der Waals surface area contributed by atoms with E-state index in [0.717, 1.165) is 78.7 Å². The molecule has 0 aliphatic heterocycles. The first kappa shape index (κ1) is 23.6. The minimum Gasteiger partial charge on any atom is -0.497 e. The van der Waals surface area contributed by atoms with E-state index in [1.54, 1.807) is 7.11 Å². The molecular weight excluding hydrogens is 398 g/mol. The molecule has 6 heteroatoms. The minimum atomic E-state index is 0.742. The summed E-state index contributed by atoms with van der Waals surface area (Å²) in [7, 11) is 5.75. The van der Waals surface area contributed by atoms with Crippen molar-refractivity contribution < 1.29 is 4.74 Å². The van der Waals surface area contributed by atoms with Crippen LogP contribution in [0.1, 0.15) is 12.8 Å². The first-order chi connectivity index (χ1) is 15.6. The number of pyridine rings is 1. The number of nitrogens with one attached hydrogen (secondary N) is 2. The number of rotatable bonds is 12. The van der Waals surface area contributed by atoms with Gasteiger partial charge in [0.05, 0.1) is 18.5 Å². The van der Waals surface area contributed by atoms with Crippen molar-refractivity contribution in [3.05, 3.63) is 60.7 Å². The number of hydrogen-bond donors (Lipinski definition) is 3. The summed E-state index contributed by atoms with van der Waals surface area (Å²) >= 11 is 0. The van der Waals surface area contributed by atoms with Crippen molar-refractivity contribution >= 4 is 11.4 Å². The van der Waals surface area contributed by atoms with Crippen molar-refractivity contribution in [1.82, 2.24) is 9.88 Å². The molecule has 3 rings (SSSR count). The smallest absolute Gasteiger partial charge is 0.118 e. The Labute approximate surface area is 191 Å². The van der Waals surface area contributed by atoms with E-state index in [-0.39, 0.29) is 0 Å². The fourth-order valence-electron chi connectivity index (χ4n) is 3.55. The number of anilines is 2. The van der Waals surface area contributed by atoms with E-state index in [2.05, 4.69) is 59.0 Å². The highest BCUT2D eigenvalue weighted by Crippen LogP contribution is 2.29. The summed E-state index contributed by atoms with van der Waals surface area (Å²) in [6.07, 6.45) is 2.10. The molecule has 0 atom stereocenters. The predicted molar refractivity (Wildman–Crippen MR) is 135 cm³/mol. The van der Waals surface area contributed by atoms with Gasteiger partial charge in [-0.1, -0.05) is 12.1 Å². The van der Waals surface area contributed by atoms with Gasteiger partial charge in [0.2, 0.25) is 0 Å². The average molecular weight is 434 g/mol. The van der Waals surface area contributed by atoms with Crippen LogP contribution in [0.15, 0.2) is 60.7 Å². The van der Waals surface area contributed by atoms with E-state index in [1.807, 2.05) is 31.3 Å². The molecular formula is C26H35N5O. The summed E-state index contributed by atoms with van der Waals surface area (Å²) in [6.45, 7) is 3.73. The normalized spacial score (nSPS) is 10.9. The largest absolute Gasteiger partial charge is 0.497 e. The van der Waals surface area contributed by atoms with Gasteiger partial charge >= 0.3 is 0 Å². The lowest BCUT2D eigenvalue weighted by atomic mass is 10.1. The average Bonchev–Trinajstić information content (AvgIpc) is 2.85. The molecule has 0 fully saturated rings. The Balaban J connectivity index is 1.79. The van der Waals surface area contributed by atoms with E-state index in [9.17, 15) is 0 Å². The first-order valence-electron chi connectivity index (χ1n) is 11.2. The Morgan fingerprint density at radius 3 is 2.03 bits per heavy atom. The van der Waals surface area contributed by atoms with Crippen molar-refractivity contribution in [2.24, 2.45) is 5.73 Å². The molecule has 0 radical (unpaired) electrons. The monoisotopic (exact) mass is 433 g/mol. The Hall–Kier alpha value is -3.09. The van der Waals surface area contributed by atoms with Crippen LogP contribution in [-0.2, 0) is 0 Å². The number of methoxy groups -OCH3 is 1. The molecule has 6 nitrogen and oxygen atoms in total. The molecule has 0 bridgehead atoms. The van der Waals surface area contributed by atoms with Gasteiger partial charge in [-0.05, 0) is 88.1 Å². The predicted octanol–water partition coefficient (Wildman–Crippen LogP) is 4.55. The molecule has 3 aromatic rings. The second-order valence-corrected chi connectivity index (χ2v) is 7.91. The third-order valence-electron chi connectivity index (χ3n) is 5.47. The van der Waals surface area contributed by atoms with Crippen LogP contribution < -0.4 is 21.1 Å². The summed E-state index contributed by atoms with van der Waals surface area (Å²) < 4.78 is 5.30. The number of ether oxygens (including phenoxy) is 1. The lowest BCUT2D eigenvalue weighted by Crippen LogP contribution is -2.24. The van der Waals surface area contributed by atoms with Crippen LogP contribution in [0.5, 0.6) is 5.75 Å². The molecule has 0 amide bonds. The molecule has 4 N–H and O–H groups in total. The van der Waals surface area contributed by atoms with E-state index >= 15 is 0 Å². The van der Waals surface area contributed by atoms with Gasteiger partial charge < -0.3 is 26.0 Å². The number of nitrogens with two attached hydrogens (primary N) is 1. The zero-order chi connectivity index (χ0) is 22.8. The van der Waals surface area contributed by atoms with Gasteiger partial charge in [0, 0.05) is 36.1 Å². The molecule has 170 valence electrons. The summed E-state index contributed by atoms with van der Waals surface area (Å²) in [5.41, 5.74) is 11.8. The Morgan fingerprint density at radius 2 is 1.47 bits per heavy atom. The number of benzene rings is 2. The third-order valence-corrected chi connectivity index (χ3v) is 5.47. The van der Waals surface area contributed by atoms with Crippen LogP contribution in [0.2, 0.25) is 0 Å². The number of nitrogens with zero attached hydrogens (tertiary/aromatic N) is 2. The molecule has 2 aromatic carbocycles. The van der Waals surface area contributed by atoms with Crippen LogP contribution in [-0.4, -0.2) is 57.3 Å². The molecule has 0 saturated heterocycles. The van der Waals surface area contributed by atoms with Crippen molar-refractivity contribution in [2.45, 2.75) is 12.8 Å². The highest BCUT2D eigenvalue weighted by molar-refractivity contribution is 5.73. The molecule has 0 unspecified atom stereocenters. The fraction of sp³-hybridized carbons (Fsp3) is 0.346. The van der Waals surface area contributed by atoms with Crippen molar-refractivity contribution in [3.63, 3.8) is 0 Å². The van der Waals surface area contributed by atoms with Gasteiger partial charge in [-0.25, -0.2) is 4.98 Å². The van der Waals surface area contributed by atoms with Gasteiger partial charge in [-0.15, -0.1) is 0 Å². The van der Waals surface area contributed by atoms with E-state index in [0.29, 0.717) is 0 Å². The maximum Gasteiger partial charge on any atom is 0.118 e. The maximum absolute atomic E-state index is 5.61. The molecule has 0 spiro atoms. The SMILES string of the molecule is CNc1ccc(-c2cc(NCCCN(C)CCCN)cc(-c3ccc(OC)cc3)n2)cc1. The number of aromatic nitrogens is 1. The van der Waals surface area contributed by atoms with Crippen molar-refractivity contribution in [3.8, 4) is 28.3 Å². The summed E-state index contributed by atoms with van der Waals surface area (Å²) in [5.74, 6) is 0.838. The summed E-state index contributed by atoms with van der Waals surface area (Å²) in [5, 5.41) is 6.76. The van der Waals surface area contributed by atoms with Crippen LogP contribution in [0.3, 0.4) is 0 Å². The van der Waals surface area contributed by atoms with Gasteiger partial charge in [-0.2, -0.15) is 0 Å². The van der Waals surface area contributed by atoms with Crippen molar-refractivity contribution in [2.75, 3.05) is 58.0 Å². The summed E-state index contributed by atoms with van der Waals surface area (Å²) in [6, 6.07) is 20.6. The van der Waals surface area contributed by atoms with Crippen LogP contribution in [0.4, 0.5) is 11.4 Å². The minimum absolute atomic E-state index is 0.742. The topological polar surface area (TPSA) is 75.4 Å². The maximum atomic E-state index is 5.61. The Bertz CT molecular complexity index is 891. The second kappa shape index (κ2) is 12.1.